The highest BCUT2D eigenvalue weighted by molar-refractivity contribution is 6.33. The van der Waals surface area contributed by atoms with Gasteiger partial charge in [0.15, 0.2) is 5.82 Å². The molecule has 14 heavy (non-hydrogen) atoms. The lowest BCUT2D eigenvalue weighted by Gasteiger charge is -1.99. The van der Waals surface area contributed by atoms with Crippen LogP contribution < -0.4 is 11.5 Å². The molecule has 2 aromatic rings. The zero-order valence-electron chi connectivity index (χ0n) is 7.16. The van der Waals surface area contributed by atoms with E-state index < -0.39 is 0 Å². The van der Waals surface area contributed by atoms with E-state index in [1.165, 1.54) is 0 Å². The first-order valence-electron chi connectivity index (χ1n) is 3.90. The Morgan fingerprint density at radius 3 is 2.64 bits per heavy atom. The summed E-state index contributed by atoms with van der Waals surface area (Å²) in [5.41, 5.74) is 12.3. The second-order valence-corrected chi connectivity index (χ2v) is 3.19. The normalized spacial score (nSPS) is 10.4. The summed E-state index contributed by atoms with van der Waals surface area (Å²) in [6.07, 6.45) is 0. The minimum Gasteiger partial charge on any atom is -0.398 e. The van der Waals surface area contributed by atoms with Gasteiger partial charge in [-0.3, -0.25) is 5.10 Å². The van der Waals surface area contributed by atoms with Crippen LogP contribution in [-0.2, 0) is 0 Å². The molecule has 0 saturated heterocycles. The average Bonchev–Trinajstić information content (AvgIpc) is 2.57. The Labute approximate surface area is 85.1 Å². The molecule has 72 valence electrons. The molecule has 0 radical (unpaired) electrons. The van der Waals surface area contributed by atoms with Crippen molar-refractivity contribution in [1.82, 2.24) is 15.2 Å². The third kappa shape index (κ3) is 1.49. The van der Waals surface area contributed by atoms with Crippen LogP contribution in [0.1, 0.15) is 0 Å². The van der Waals surface area contributed by atoms with E-state index in [0.29, 0.717) is 16.5 Å². The molecule has 1 aromatic carbocycles. The molecule has 0 aliphatic rings. The Hall–Kier alpha value is -1.75. The van der Waals surface area contributed by atoms with Crippen molar-refractivity contribution in [2.45, 2.75) is 0 Å². The van der Waals surface area contributed by atoms with E-state index in [1.807, 2.05) is 0 Å². The highest BCUT2D eigenvalue weighted by Gasteiger charge is 2.04. The van der Waals surface area contributed by atoms with Crippen molar-refractivity contribution in [2.75, 3.05) is 11.5 Å². The molecule has 0 unspecified atom stereocenters. The summed E-state index contributed by atoms with van der Waals surface area (Å²) >= 11 is 5.78. The second-order valence-electron chi connectivity index (χ2n) is 2.78. The molecule has 0 spiro atoms. The van der Waals surface area contributed by atoms with Crippen LogP contribution in [-0.4, -0.2) is 15.2 Å². The van der Waals surface area contributed by atoms with Gasteiger partial charge in [-0.15, -0.1) is 5.10 Å². The minimum atomic E-state index is 0.202. The van der Waals surface area contributed by atoms with Gasteiger partial charge in [0.05, 0.1) is 10.7 Å². The molecular weight excluding hydrogens is 202 g/mol. The fourth-order valence-corrected chi connectivity index (χ4v) is 1.21. The number of benzene rings is 1. The first-order valence-corrected chi connectivity index (χ1v) is 4.28. The molecule has 0 aliphatic carbocycles. The number of nitrogens with zero attached hydrogens (tertiary/aromatic N) is 2. The first kappa shape index (κ1) is 8.83. The molecule has 0 aliphatic heterocycles. The highest BCUT2D eigenvalue weighted by Crippen LogP contribution is 2.24. The molecule has 1 heterocycles. The molecular formula is C8H8ClN5. The summed E-state index contributed by atoms with van der Waals surface area (Å²) in [6, 6.07) is 5.20. The summed E-state index contributed by atoms with van der Waals surface area (Å²) in [4.78, 5) is 3.96. The van der Waals surface area contributed by atoms with E-state index in [2.05, 4.69) is 15.2 Å². The molecule has 0 saturated carbocycles. The fraction of sp³-hybridized carbons (Fsp3) is 0. The topological polar surface area (TPSA) is 93.6 Å². The van der Waals surface area contributed by atoms with E-state index in [-0.39, 0.29) is 5.95 Å². The van der Waals surface area contributed by atoms with Crippen molar-refractivity contribution < 1.29 is 0 Å². The largest absolute Gasteiger partial charge is 0.398 e. The van der Waals surface area contributed by atoms with Crippen LogP contribution in [0.25, 0.3) is 11.4 Å². The van der Waals surface area contributed by atoms with Gasteiger partial charge in [0.1, 0.15) is 0 Å². The van der Waals surface area contributed by atoms with Crippen molar-refractivity contribution in [2.24, 2.45) is 0 Å². The molecule has 1 aromatic heterocycles. The Morgan fingerprint density at radius 2 is 2.07 bits per heavy atom. The average molecular weight is 210 g/mol. The van der Waals surface area contributed by atoms with Gasteiger partial charge >= 0.3 is 0 Å². The first-order chi connectivity index (χ1) is 6.66. The third-order valence-corrected chi connectivity index (χ3v) is 2.12. The predicted octanol–water partition coefficient (Wildman–Crippen LogP) is 1.29. The number of halogens is 1. The molecule has 0 atom stereocenters. The van der Waals surface area contributed by atoms with E-state index in [0.717, 1.165) is 5.56 Å². The molecule has 0 amide bonds. The zero-order chi connectivity index (χ0) is 10.1. The Balaban J connectivity index is 2.47. The van der Waals surface area contributed by atoms with Crippen molar-refractivity contribution in [3.05, 3.63) is 23.2 Å². The summed E-state index contributed by atoms with van der Waals surface area (Å²) in [7, 11) is 0. The molecule has 0 fully saturated rings. The van der Waals surface area contributed by atoms with Crippen molar-refractivity contribution in [3.8, 4) is 11.4 Å². The van der Waals surface area contributed by atoms with Crippen LogP contribution in [0, 0.1) is 0 Å². The summed E-state index contributed by atoms with van der Waals surface area (Å²) in [6.45, 7) is 0. The number of hydrogen-bond donors (Lipinski definition) is 3. The number of aromatic nitrogens is 3. The monoisotopic (exact) mass is 209 g/mol. The molecule has 5 N–H and O–H groups in total. The van der Waals surface area contributed by atoms with Gasteiger partial charge in [0.2, 0.25) is 5.95 Å². The zero-order valence-corrected chi connectivity index (χ0v) is 7.92. The lowest BCUT2D eigenvalue weighted by atomic mass is 10.2. The summed E-state index contributed by atoms with van der Waals surface area (Å²) in [5.74, 6) is 0.777. The third-order valence-electron chi connectivity index (χ3n) is 1.77. The van der Waals surface area contributed by atoms with Crippen LogP contribution in [0.4, 0.5) is 11.6 Å². The van der Waals surface area contributed by atoms with Gasteiger partial charge in [-0.1, -0.05) is 11.6 Å². The maximum Gasteiger partial charge on any atom is 0.239 e. The van der Waals surface area contributed by atoms with E-state index in [1.54, 1.807) is 18.2 Å². The van der Waals surface area contributed by atoms with Crippen molar-refractivity contribution in [1.29, 1.82) is 0 Å². The molecule has 6 heteroatoms. The summed E-state index contributed by atoms with van der Waals surface area (Å²) in [5, 5.41) is 6.91. The second kappa shape index (κ2) is 3.19. The molecule has 5 nitrogen and oxygen atoms in total. The van der Waals surface area contributed by atoms with Gasteiger partial charge in [-0.2, -0.15) is 4.98 Å². The van der Waals surface area contributed by atoms with Crippen LogP contribution in [0.15, 0.2) is 18.2 Å². The Morgan fingerprint density at radius 1 is 1.29 bits per heavy atom. The van der Waals surface area contributed by atoms with Crippen LogP contribution in [0.2, 0.25) is 5.02 Å². The predicted molar refractivity (Wildman–Crippen MR) is 55.7 cm³/mol. The van der Waals surface area contributed by atoms with Crippen molar-refractivity contribution in [3.63, 3.8) is 0 Å². The van der Waals surface area contributed by atoms with Crippen LogP contribution >= 0.6 is 11.6 Å². The lowest BCUT2D eigenvalue weighted by molar-refractivity contribution is 1.10. The van der Waals surface area contributed by atoms with Gasteiger partial charge in [0.25, 0.3) is 0 Å². The smallest absolute Gasteiger partial charge is 0.239 e. The van der Waals surface area contributed by atoms with Crippen LogP contribution in [0.3, 0.4) is 0 Å². The number of anilines is 2. The highest BCUT2D eigenvalue weighted by atomic mass is 35.5. The standard InChI is InChI=1S/C8H8ClN5/c9-5-2-1-4(3-6(5)10)7-12-8(11)14-13-7/h1-3H,10H2,(H3,11,12,13,14). The Kier molecular flexibility index (Phi) is 2.01. The number of rotatable bonds is 1. The van der Waals surface area contributed by atoms with Crippen molar-refractivity contribution >= 4 is 23.2 Å². The van der Waals surface area contributed by atoms with E-state index >= 15 is 0 Å². The number of aromatic amines is 1. The quantitative estimate of drug-likeness (QED) is 0.617. The number of nitrogens with two attached hydrogens (primary N) is 2. The number of nitrogens with one attached hydrogen (secondary N) is 1. The number of hydrogen-bond acceptors (Lipinski definition) is 4. The SMILES string of the molecule is Nc1n[nH]c(-c2ccc(Cl)c(N)c2)n1. The van der Waals surface area contributed by atoms with Gasteiger partial charge < -0.3 is 11.5 Å². The van der Waals surface area contributed by atoms with Gasteiger partial charge in [-0.25, -0.2) is 0 Å². The Bertz CT molecular complexity index is 465. The summed E-state index contributed by atoms with van der Waals surface area (Å²) < 4.78 is 0. The maximum atomic E-state index is 5.78. The van der Waals surface area contributed by atoms with E-state index in [9.17, 15) is 0 Å². The minimum absolute atomic E-state index is 0.202. The van der Waals surface area contributed by atoms with Gasteiger partial charge in [-0.05, 0) is 18.2 Å². The number of nitrogen functional groups attached to an aromatic ring is 2. The fourth-order valence-electron chi connectivity index (χ4n) is 1.09. The molecule has 2 rings (SSSR count). The van der Waals surface area contributed by atoms with Crippen LogP contribution in [0.5, 0.6) is 0 Å². The number of H-pyrrole nitrogens is 1. The molecule has 0 bridgehead atoms. The van der Waals surface area contributed by atoms with Gasteiger partial charge in [0, 0.05) is 5.56 Å². The maximum absolute atomic E-state index is 5.78. The van der Waals surface area contributed by atoms with E-state index in [4.69, 9.17) is 23.1 Å². The lowest BCUT2D eigenvalue weighted by Crippen LogP contribution is -1.89.